The van der Waals surface area contributed by atoms with Crippen molar-refractivity contribution >= 4 is 5.97 Å². The van der Waals surface area contributed by atoms with Gasteiger partial charge >= 0.3 is 12.1 Å². The topological polar surface area (TPSA) is 29.5 Å². The summed E-state index contributed by atoms with van der Waals surface area (Å²) in [6, 6.07) is 8.58. The lowest BCUT2D eigenvalue weighted by Crippen LogP contribution is -2.42. The highest BCUT2D eigenvalue weighted by molar-refractivity contribution is 5.89. The van der Waals surface area contributed by atoms with Gasteiger partial charge in [0.1, 0.15) is 6.10 Å². The van der Waals surface area contributed by atoms with Gasteiger partial charge in [-0.15, -0.1) is 0 Å². The molecule has 1 aromatic carbocycles. The lowest BCUT2D eigenvalue weighted by molar-refractivity contribution is -0.150. The van der Waals surface area contributed by atoms with Gasteiger partial charge in [-0.1, -0.05) is 18.2 Å². The maximum absolute atomic E-state index is 12.2. The van der Waals surface area contributed by atoms with Crippen molar-refractivity contribution in [3.05, 3.63) is 35.9 Å². The van der Waals surface area contributed by atoms with E-state index in [0.29, 0.717) is 31.5 Å². The Balaban J connectivity index is 1.79. The van der Waals surface area contributed by atoms with Crippen LogP contribution < -0.4 is 0 Å². The first kappa shape index (κ1) is 14.8. The van der Waals surface area contributed by atoms with Gasteiger partial charge in [-0.25, -0.2) is 4.79 Å². The van der Waals surface area contributed by atoms with Crippen molar-refractivity contribution in [2.45, 2.75) is 25.1 Å². The van der Waals surface area contributed by atoms with Gasteiger partial charge in [0.25, 0.3) is 0 Å². The molecule has 0 radical (unpaired) electrons. The normalized spacial score (nSPS) is 17.9. The van der Waals surface area contributed by atoms with Crippen molar-refractivity contribution in [3.8, 4) is 0 Å². The Labute approximate surface area is 115 Å². The van der Waals surface area contributed by atoms with E-state index in [0.717, 1.165) is 0 Å². The van der Waals surface area contributed by atoms with E-state index >= 15 is 0 Å². The van der Waals surface area contributed by atoms with E-state index in [1.165, 1.54) is 4.90 Å². The average molecular weight is 287 g/mol. The molecule has 3 nitrogen and oxygen atoms in total. The van der Waals surface area contributed by atoms with E-state index in [4.69, 9.17) is 4.74 Å². The smallest absolute Gasteiger partial charge is 0.401 e. The zero-order valence-electron chi connectivity index (χ0n) is 10.9. The number of piperidine rings is 1. The van der Waals surface area contributed by atoms with E-state index in [2.05, 4.69) is 0 Å². The fourth-order valence-electron chi connectivity index (χ4n) is 2.23. The summed E-state index contributed by atoms with van der Waals surface area (Å²) in [6.45, 7) is -0.301. The number of rotatable bonds is 3. The molecule has 0 saturated carbocycles. The first-order chi connectivity index (χ1) is 9.44. The fraction of sp³-hybridized carbons (Fsp3) is 0.500. The summed E-state index contributed by atoms with van der Waals surface area (Å²) < 4.78 is 42.0. The molecule has 1 aliphatic heterocycles. The molecule has 1 heterocycles. The van der Waals surface area contributed by atoms with Crippen LogP contribution in [0.15, 0.2) is 30.3 Å². The molecule has 6 heteroatoms. The lowest BCUT2D eigenvalue weighted by atomic mass is 10.1. The first-order valence-corrected chi connectivity index (χ1v) is 6.49. The second-order valence-electron chi connectivity index (χ2n) is 4.86. The highest BCUT2D eigenvalue weighted by Crippen LogP contribution is 2.21. The summed E-state index contributed by atoms with van der Waals surface area (Å²) in [5.41, 5.74) is 0.463. The zero-order valence-corrected chi connectivity index (χ0v) is 10.9. The maximum atomic E-state index is 12.2. The molecule has 0 spiro atoms. The summed E-state index contributed by atoms with van der Waals surface area (Å²) in [4.78, 5) is 13.1. The van der Waals surface area contributed by atoms with Gasteiger partial charge in [0, 0.05) is 13.1 Å². The summed E-state index contributed by atoms with van der Waals surface area (Å²) in [5.74, 6) is -0.417. The van der Waals surface area contributed by atoms with Crippen LogP contribution in [-0.4, -0.2) is 42.8 Å². The average Bonchev–Trinajstić information content (AvgIpc) is 2.40. The summed E-state index contributed by atoms with van der Waals surface area (Å²) >= 11 is 0. The number of likely N-dealkylation sites (tertiary alicyclic amines) is 1. The van der Waals surface area contributed by atoms with Crippen LogP contribution in [-0.2, 0) is 4.74 Å². The number of alkyl halides is 3. The highest BCUT2D eigenvalue weighted by atomic mass is 19.4. The van der Waals surface area contributed by atoms with Gasteiger partial charge in [-0.3, -0.25) is 4.90 Å². The molecule has 1 saturated heterocycles. The van der Waals surface area contributed by atoms with Crippen LogP contribution in [0, 0.1) is 0 Å². The quantitative estimate of drug-likeness (QED) is 0.801. The molecule has 1 fully saturated rings. The van der Waals surface area contributed by atoms with Gasteiger partial charge in [-0.05, 0) is 25.0 Å². The van der Waals surface area contributed by atoms with Crippen LogP contribution in [0.3, 0.4) is 0 Å². The van der Waals surface area contributed by atoms with Gasteiger partial charge in [0.15, 0.2) is 0 Å². The second kappa shape index (κ2) is 6.26. The molecule has 0 amide bonds. The largest absolute Gasteiger partial charge is 0.459 e. The van der Waals surface area contributed by atoms with Crippen LogP contribution in [0.25, 0.3) is 0 Å². The van der Waals surface area contributed by atoms with Crippen LogP contribution in [0.2, 0.25) is 0 Å². The third-order valence-electron chi connectivity index (χ3n) is 3.22. The van der Waals surface area contributed by atoms with Crippen LogP contribution in [0.5, 0.6) is 0 Å². The molecule has 1 aromatic rings. The minimum absolute atomic E-state index is 0.298. The Hall–Kier alpha value is -1.56. The minimum Gasteiger partial charge on any atom is -0.459 e. The van der Waals surface area contributed by atoms with E-state index < -0.39 is 18.7 Å². The molecule has 110 valence electrons. The Morgan fingerprint density at radius 1 is 1.20 bits per heavy atom. The Bertz CT molecular complexity index is 439. The SMILES string of the molecule is O=C(OC1CCN(CC(F)(F)F)CC1)c1ccccc1. The Kier molecular flexibility index (Phi) is 4.65. The molecule has 20 heavy (non-hydrogen) atoms. The van der Waals surface area contributed by atoms with E-state index in [1.54, 1.807) is 30.3 Å². The second-order valence-corrected chi connectivity index (χ2v) is 4.86. The summed E-state index contributed by atoms with van der Waals surface area (Å²) in [6.07, 6.45) is -3.59. The number of hydrogen-bond donors (Lipinski definition) is 0. The molecule has 0 N–H and O–H groups in total. The van der Waals surface area contributed by atoms with Gasteiger partial charge in [0.2, 0.25) is 0 Å². The van der Waals surface area contributed by atoms with Gasteiger partial charge < -0.3 is 4.74 Å². The summed E-state index contributed by atoms with van der Waals surface area (Å²) in [7, 11) is 0. The number of ether oxygens (including phenoxy) is 1. The molecule has 0 atom stereocenters. The van der Waals surface area contributed by atoms with Crippen LogP contribution in [0.4, 0.5) is 13.2 Å². The zero-order chi connectivity index (χ0) is 14.6. The fourth-order valence-corrected chi connectivity index (χ4v) is 2.23. The predicted molar refractivity (Wildman–Crippen MR) is 67.4 cm³/mol. The van der Waals surface area contributed by atoms with Crippen molar-refractivity contribution in [2.75, 3.05) is 19.6 Å². The van der Waals surface area contributed by atoms with Crippen LogP contribution >= 0.6 is 0 Å². The molecule has 0 bridgehead atoms. The third-order valence-corrected chi connectivity index (χ3v) is 3.22. The van der Waals surface area contributed by atoms with E-state index in [1.807, 2.05) is 0 Å². The monoisotopic (exact) mass is 287 g/mol. The number of halogens is 3. The molecule has 1 aliphatic rings. The first-order valence-electron chi connectivity index (χ1n) is 6.49. The van der Waals surface area contributed by atoms with Crippen LogP contribution in [0.1, 0.15) is 23.2 Å². The molecule has 0 aliphatic carbocycles. The molecule has 0 unspecified atom stereocenters. The van der Waals surface area contributed by atoms with Crippen molar-refractivity contribution in [2.24, 2.45) is 0 Å². The molecular weight excluding hydrogens is 271 g/mol. The Morgan fingerprint density at radius 2 is 1.80 bits per heavy atom. The van der Waals surface area contributed by atoms with Crippen molar-refractivity contribution < 1.29 is 22.7 Å². The number of esters is 1. The highest BCUT2D eigenvalue weighted by Gasteiger charge is 2.33. The minimum atomic E-state index is -4.17. The van der Waals surface area contributed by atoms with E-state index in [9.17, 15) is 18.0 Å². The number of hydrogen-bond acceptors (Lipinski definition) is 3. The third kappa shape index (κ3) is 4.52. The van der Waals surface area contributed by atoms with Crippen molar-refractivity contribution in [3.63, 3.8) is 0 Å². The number of carbonyl (C=O) groups excluding carboxylic acids is 1. The summed E-state index contributed by atoms with van der Waals surface area (Å²) in [5, 5.41) is 0. The van der Waals surface area contributed by atoms with Crippen molar-refractivity contribution in [1.29, 1.82) is 0 Å². The Morgan fingerprint density at radius 3 is 2.35 bits per heavy atom. The number of benzene rings is 1. The van der Waals surface area contributed by atoms with E-state index in [-0.39, 0.29) is 6.10 Å². The number of nitrogens with zero attached hydrogens (tertiary/aromatic N) is 1. The number of carbonyl (C=O) groups is 1. The predicted octanol–water partition coefficient (Wildman–Crippen LogP) is 2.87. The van der Waals surface area contributed by atoms with Gasteiger partial charge in [0.05, 0.1) is 12.1 Å². The lowest BCUT2D eigenvalue weighted by Gasteiger charge is -2.31. The van der Waals surface area contributed by atoms with Gasteiger partial charge in [-0.2, -0.15) is 13.2 Å². The standard InChI is InChI=1S/C14H16F3NO2/c15-14(16,17)10-18-8-6-12(7-9-18)20-13(19)11-4-2-1-3-5-11/h1-5,12H,6-10H2. The maximum Gasteiger partial charge on any atom is 0.401 e. The molecular formula is C14H16F3NO2. The van der Waals surface area contributed by atoms with Crippen molar-refractivity contribution in [1.82, 2.24) is 4.90 Å². The molecule has 0 aromatic heterocycles. The molecule has 2 rings (SSSR count).